The zero-order valence-corrected chi connectivity index (χ0v) is 19.1. The predicted molar refractivity (Wildman–Crippen MR) is 124 cm³/mol. The van der Waals surface area contributed by atoms with Crippen LogP contribution in [0.4, 0.5) is 4.39 Å². The summed E-state index contributed by atoms with van der Waals surface area (Å²) in [5.74, 6) is 0.469. The maximum absolute atomic E-state index is 14.1. The van der Waals surface area contributed by atoms with Crippen molar-refractivity contribution in [2.24, 2.45) is 11.8 Å². The van der Waals surface area contributed by atoms with E-state index in [0.29, 0.717) is 51.9 Å². The summed E-state index contributed by atoms with van der Waals surface area (Å²) < 4.78 is 15.7. The van der Waals surface area contributed by atoms with E-state index in [9.17, 15) is 14.0 Å². The first kappa shape index (κ1) is 23.0. The van der Waals surface area contributed by atoms with Gasteiger partial charge in [0, 0.05) is 24.4 Å². The average Bonchev–Trinajstić information content (AvgIpc) is 2.73. The number of halogens is 1. The van der Waals surface area contributed by atoms with E-state index in [1.807, 2.05) is 27.7 Å². The van der Waals surface area contributed by atoms with Crippen LogP contribution in [0.2, 0.25) is 0 Å². The molecular formula is C24H28FN3O2S. The van der Waals surface area contributed by atoms with E-state index in [1.165, 1.54) is 17.8 Å². The molecule has 0 saturated carbocycles. The molecule has 5 nitrogen and oxygen atoms in total. The summed E-state index contributed by atoms with van der Waals surface area (Å²) in [6.45, 7) is 9.20. The largest absolute Gasteiger partial charge is 0.352 e. The average molecular weight is 442 g/mol. The number of carbonyl (C=O) groups excluding carboxylic acids is 1. The van der Waals surface area contributed by atoms with Gasteiger partial charge in [-0.15, -0.1) is 0 Å². The van der Waals surface area contributed by atoms with Crippen molar-refractivity contribution >= 4 is 28.6 Å². The summed E-state index contributed by atoms with van der Waals surface area (Å²) in [7, 11) is 0. The smallest absolute Gasteiger partial charge is 0.262 e. The van der Waals surface area contributed by atoms with Gasteiger partial charge in [0.15, 0.2) is 5.16 Å². The lowest BCUT2D eigenvalue weighted by molar-refractivity contribution is 0.0949. The molecule has 1 heterocycles. The first-order valence-corrected chi connectivity index (χ1v) is 11.4. The molecule has 2 aromatic carbocycles. The minimum Gasteiger partial charge on any atom is -0.352 e. The number of carbonyl (C=O) groups is 1. The highest BCUT2D eigenvalue weighted by Crippen LogP contribution is 2.24. The Hall–Kier alpha value is -2.67. The fraction of sp³-hybridized carbons (Fsp3) is 0.375. The van der Waals surface area contributed by atoms with Crippen LogP contribution in [0.3, 0.4) is 0 Å². The van der Waals surface area contributed by atoms with Crippen LogP contribution >= 0.6 is 11.8 Å². The van der Waals surface area contributed by atoms with Crippen molar-refractivity contribution in [3.8, 4) is 0 Å². The van der Waals surface area contributed by atoms with Crippen molar-refractivity contribution in [3.63, 3.8) is 0 Å². The lowest BCUT2D eigenvalue weighted by atomic mass is 10.1. The Balaban J connectivity index is 2.00. The molecule has 31 heavy (non-hydrogen) atoms. The highest BCUT2D eigenvalue weighted by molar-refractivity contribution is 7.98. The Kier molecular flexibility index (Phi) is 7.49. The van der Waals surface area contributed by atoms with Crippen LogP contribution in [0.15, 0.2) is 52.4 Å². The van der Waals surface area contributed by atoms with Crippen molar-refractivity contribution < 1.29 is 9.18 Å². The van der Waals surface area contributed by atoms with Crippen LogP contribution in [0, 0.1) is 17.7 Å². The third kappa shape index (κ3) is 5.73. The Morgan fingerprint density at radius 2 is 1.87 bits per heavy atom. The number of hydrogen-bond acceptors (Lipinski definition) is 4. The molecule has 164 valence electrons. The van der Waals surface area contributed by atoms with Crippen molar-refractivity contribution in [1.82, 2.24) is 14.9 Å². The summed E-state index contributed by atoms with van der Waals surface area (Å²) in [6.07, 6.45) is 0. The van der Waals surface area contributed by atoms with Gasteiger partial charge in [-0.1, -0.05) is 57.7 Å². The third-order valence-electron chi connectivity index (χ3n) is 4.72. The number of aromatic nitrogens is 2. The molecule has 0 fully saturated rings. The summed E-state index contributed by atoms with van der Waals surface area (Å²) in [4.78, 5) is 30.3. The molecule has 0 bridgehead atoms. The molecule has 0 aliphatic heterocycles. The number of hydrogen-bond donors (Lipinski definition) is 1. The fourth-order valence-corrected chi connectivity index (χ4v) is 4.13. The normalized spacial score (nSPS) is 11.5. The topological polar surface area (TPSA) is 64.0 Å². The summed E-state index contributed by atoms with van der Waals surface area (Å²) in [5.41, 5.74) is 1.34. The van der Waals surface area contributed by atoms with E-state index in [1.54, 1.807) is 41.0 Å². The van der Waals surface area contributed by atoms with Crippen molar-refractivity contribution in [2.75, 3.05) is 6.54 Å². The van der Waals surface area contributed by atoms with E-state index in [-0.39, 0.29) is 23.2 Å². The number of rotatable bonds is 8. The van der Waals surface area contributed by atoms with E-state index < -0.39 is 0 Å². The summed E-state index contributed by atoms with van der Waals surface area (Å²) >= 11 is 1.33. The molecule has 0 saturated heterocycles. The van der Waals surface area contributed by atoms with Crippen molar-refractivity contribution in [3.05, 3.63) is 69.8 Å². The fourth-order valence-electron chi connectivity index (χ4n) is 3.13. The zero-order valence-electron chi connectivity index (χ0n) is 18.3. The number of nitrogens with one attached hydrogen (secondary N) is 1. The molecule has 3 aromatic rings. The van der Waals surface area contributed by atoms with E-state index in [0.717, 1.165) is 0 Å². The van der Waals surface area contributed by atoms with Gasteiger partial charge in [-0.25, -0.2) is 9.37 Å². The Morgan fingerprint density at radius 3 is 2.55 bits per heavy atom. The number of amides is 1. The van der Waals surface area contributed by atoms with Gasteiger partial charge in [0.05, 0.1) is 10.9 Å². The summed E-state index contributed by atoms with van der Waals surface area (Å²) in [6, 6.07) is 11.6. The lowest BCUT2D eigenvalue weighted by Gasteiger charge is -2.15. The molecule has 3 rings (SSSR count). The second-order valence-electron chi connectivity index (χ2n) is 8.42. The second kappa shape index (κ2) is 10.1. The maximum atomic E-state index is 14.1. The van der Waals surface area contributed by atoms with Gasteiger partial charge in [-0.05, 0) is 41.7 Å². The molecule has 0 spiro atoms. The van der Waals surface area contributed by atoms with Gasteiger partial charge in [0.1, 0.15) is 5.82 Å². The molecule has 1 N–H and O–H groups in total. The Morgan fingerprint density at radius 1 is 1.13 bits per heavy atom. The Bertz CT molecular complexity index is 1140. The first-order valence-electron chi connectivity index (χ1n) is 10.4. The van der Waals surface area contributed by atoms with Gasteiger partial charge >= 0.3 is 0 Å². The van der Waals surface area contributed by atoms with Crippen LogP contribution in [0.25, 0.3) is 10.9 Å². The van der Waals surface area contributed by atoms with E-state index in [4.69, 9.17) is 4.98 Å². The SMILES string of the molecule is CC(C)CNC(=O)c1ccc2c(=O)n(CC(C)C)c(SCc3ccccc3F)nc2c1. The van der Waals surface area contributed by atoms with Gasteiger partial charge in [0.2, 0.25) is 0 Å². The highest BCUT2D eigenvalue weighted by Gasteiger charge is 2.16. The molecular weight excluding hydrogens is 413 g/mol. The number of nitrogens with zero attached hydrogens (tertiary/aromatic N) is 2. The minimum absolute atomic E-state index is 0.149. The number of benzene rings is 2. The molecule has 1 amide bonds. The van der Waals surface area contributed by atoms with Crippen LogP contribution in [-0.4, -0.2) is 22.0 Å². The zero-order chi connectivity index (χ0) is 22.5. The molecule has 0 aliphatic rings. The molecule has 1 aromatic heterocycles. The predicted octanol–water partition coefficient (Wildman–Crippen LogP) is 4.87. The Labute approximate surface area is 186 Å². The van der Waals surface area contributed by atoms with E-state index >= 15 is 0 Å². The number of fused-ring (bicyclic) bond motifs is 1. The first-order chi connectivity index (χ1) is 14.8. The molecule has 0 aliphatic carbocycles. The molecule has 0 unspecified atom stereocenters. The monoisotopic (exact) mass is 441 g/mol. The minimum atomic E-state index is -0.280. The summed E-state index contributed by atoms with van der Waals surface area (Å²) in [5, 5.41) is 3.88. The van der Waals surface area contributed by atoms with Crippen molar-refractivity contribution in [2.45, 2.75) is 45.1 Å². The van der Waals surface area contributed by atoms with Crippen LogP contribution in [0.1, 0.15) is 43.6 Å². The van der Waals surface area contributed by atoms with Gasteiger partial charge in [-0.3, -0.25) is 14.2 Å². The third-order valence-corrected chi connectivity index (χ3v) is 5.74. The lowest BCUT2D eigenvalue weighted by Crippen LogP contribution is -2.28. The molecule has 7 heteroatoms. The van der Waals surface area contributed by atoms with Gasteiger partial charge in [0.25, 0.3) is 11.5 Å². The number of thioether (sulfide) groups is 1. The highest BCUT2D eigenvalue weighted by atomic mass is 32.2. The maximum Gasteiger partial charge on any atom is 0.262 e. The molecule has 0 atom stereocenters. The van der Waals surface area contributed by atoms with Gasteiger partial charge < -0.3 is 5.32 Å². The van der Waals surface area contributed by atoms with Crippen molar-refractivity contribution in [1.29, 1.82) is 0 Å². The van der Waals surface area contributed by atoms with Crippen LogP contribution in [-0.2, 0) is 12.3 Å². The van der Waals surface area contributed by atoms with Gasteiger partial charge in [-0.2, -0.15) is 0 Å². The van der Waals surface area contributed by atoms with E-state index in [2.05, 4.69) is 5.32 Å². The quantitative estimate of drug-likeness (QED) is 0.400. The standard InChI is InChI=1S/C24H28FN3O2S/c1-15(2)12-26-22(29)17-9-10-19-21(11-17)27-24(28(23(19)30)13-16(3)4)31-14-18-7-5-6-8-20(18)25/h5-11,15-16H,12-14H2,1-4H3,(H,26,29). The second-order valence-corrected chi connectivity index (χ2v) is 9.36. The van der Waals surface area contributed by atoms with Crippen LogP contribution in [0.5, 0.6) is 0 Å². The van der Waals surface area contributed by atoms with Crippen LogP contribution < -0.4 is 10.9 Å². The molecule has 0 radical (unpaired) electrons.